The molecule has 1 rings (SSSR count). The molecule has 90 valence electrons. The number of hydrogen-bond acceptors (Lipinski definition) is 2. The van der Waals surface area contributed by atoms with Crippen molar-refractivity contribution in [1.29, 1.82) is 0 Å². The highest BCUT2D eigenvalue weighted by molar-refractivity contribution is 6.31. The van der Waals surface area contributed by atoms with Gasteiger partial charge in [-0.05, 0) is 31.0 Å². The number of methoxy groups -OCH3 is 1. The van der Waals surface area contributed by atoms with Crippen molar-refractivity contribution in [3.8, 4) is 0 Å². The lowest BCUT2D eigenvalue weighted by Crippen LogP contribution is -2.34. The molecular formula is C13H20ClNO. The third-order valence-electron chi connectivity index (χ3n) is 2.65. The summed E-state index contributed by atoms with van der Waals surface area (Å²) >= 11 is 6.08. The lowest BCUT2D eigenvalue weighted by Gasteiger charge is -2.15. The van der Waals surface area contributed by atoms with Crippen molar-refractivity contribution in [2.24, 2.45) is 0 Å². The van der Waals surface area contributed by atoms with Gasteiger partial charge in [0.25, 0.3) is 0 Å². The van der Waals surface area contributed by atoms with Gasteiger partial charge in [0.05, 0.1) is 6.61 Å². The second kappa shape index (κ2) is 7.66. The summed E-state index contributed by atoms with van der Waals surface area (Å²) in [4.78, 5) is 0. The molecule has 1 aromatic carbocycles. The topological polar surface area (TPSA) is 21.3 Å². The molecule has 1 aromatic rings. The fraction of sp³-hybridized carbons (Fsp3) is 0.538. The van der Waals surface area contributed by atoms with E-state index in [0.29, 0.717) is 6.04 Å². The minimum Gasteiger partial charge on any atom is -0.383 e. The second-order valence-corrected chi connectivity index (χ2v) is 4.26. The SMILES string of the molecule is CCC(COC)NCCc1ccccc1Cl. The molecule has 0 radical (unpaired) electrons. The molecule has 3 heteroatoms. The first kappa shape index (κ1) is 13.5. The smallest absolute Gasteiger partial charge is 0.0615 e. The summed E-state index contributed by atoms with van der Waals surface area (Å²) in [7, 11) is 1.73. The quantitative estimate of drug-likeness (QED) is 0.793. The zero-order chi connectivity index (χ0) is 11.8. The van der Waals surface area contributed by atoms with Crippen molar-refractivity contribution in [2.75, 3.05) is 20.3 Å². The maximum Gasteiger partial charge on any atom is 0.0615 e. The van der Waals surface area contributed by atoms with Gasteiger partial charge in [0, 0.05) is 18.2 Å². The van der Waals surface area contributed by atoms with Gasteiger partial charge in [-0.3, -0.25) is 0 Å². The van der Waals surface area contributed by atoms with Gasteiger partial charge < -0.3 is 10.1 Å². The maximum atomic E-state index is 6.08. The van der Waals surface area contributed by atoms with Crippen LogP contribution in [0.4, 0.5) is 0 Å². The molecule has 2 nitrogen and oxygen atoms in total. The number of rotatable bonds is 7. The maximum absolute atomic E-state index is 6.08. The summed E-state index contributed by atoms with van der Waals surface area (Å²) in [6.07, 6.45) is 2.04. The van der Waals surface area contributed by atoms with Crippen LogP contribution >= 0.6 is 11.6 Å². The highest BCUT2D eigenvalue weighted by Gasteiger charge is 2.04. The molecule has 0 aliphatic carbocycles. The standard InChI is InChI=1S/C13H20ClNO/c1-3-12(10-16-2)15-9-8-11-6-4-5-7-13(11)14/h4-7,12,15H,3,8-10H2,1-2H3. The predicted molar refractivity (Wildman–Crippen MR) is 69.1 cm³/mol. The number of benzene rings is 1. The molecule has 1 atom stereocenters. The van der Waals surface area contributed by atoms with E-state index in [1.807, 2.05) is 18.2 Å². The van der Waals surface area contributed by atoms with E-state index >= 15 is 0 Å². The largest absolute Gasteiger partial charge is 0.383 e. The van der Waals surface area contributed by atoms with E-state index in [1.165, 1.54) is 5.56 Å². The molecule has 0 spiro atoms. The van der Waals surface area contributed by atoms with E-state index in [9.17, 15) is 0 Å². The number of ether oxygens (including phenoxy) is 1. The van der Waals surface area contributed by atoms with Crippen molar-refractivity contribution in [3.63, 3.8) is 0 Å². The first-order valence-electron chi connectivity index (χ1n) is 5.73. The third-order valence-corrected chi connectivity index (χ3v) is 3.01. The first-order valence-corrected chi connectivity index (χ1v) is 6.11. The lowest BCUT2D eigenvalue weighted by molar-refractivity contribution is 0.165. The van der Waals surface area contributed by atoms with Crippen LogP contribution < -0.4 is 5.32 Å². The predicted octanol–water partition coefficient (Wildman–Crippen LogP) is 2.90. The minimum atomic E-state index is 0.437. The Morgan fingerprint density at radius 3 is 2.75 bits per heavy atom. The minimum absolute atomic E-state index is 0.437. The number of halogens is 1. The lowest BCUT2D eigenvalue weighted by atomic mass is 10.1. The molecule has 0 heterocycles. The third kappa shape index (κ3) is 4.52. The zero-order valence-corrected chi connectivity index (χ0v) is 10.8. The highest BCUT2D eigenvalue weighted by Crippen LogP contribution is 2.14. The van der Waals surface area contributed by atoms with Crippen LogP contribution in [0.1, 0.15) is 18.9 Å². The van der Waals surface area contributed by atoms with Gasteiger partial charge in [0.15, 0.2) is 0 Å². The molecule has 0 bridgehead atoms. The fourth-order valence-electron chi connectivity index (χ4n) is 1.63. The molecule has 1 unspecified atom stereocenters. The van der Waals surface area contributed by atoms with Gasteiger partial charge >= 0.3 is 0 Å². The summed E-state index contributed by atoms with van der Waals surface area (Å²) in [5, 5.41) is 4.31. The van der Waals surface area contributed by atoms with Crippen LogP contribution in [0.5, 0.6) is 0 Å². The Hall–Kier alpha value is -0.570. The number of nitrogens with one attached hydrogen (secondary N) is 1. The normalized spacial score (nSPS) is 12.7. The summed E-state index contributed by atoms with van der Waals surface area (Å²) in [6, 6.07) is 8.42. The van der Waals surface area contributed by atoms with Crippen molar-refractivity contribution in [1.82, 2.24) is 5.32 Å². The Morgan fingerprint density at radius 1 is 1.38 bits per heavy atom. The Labute approximate surface area is 103 Å². The average molecular weight is 242 g/mol. The second-order valence-electron chi connectivity index (χ2n) is 3.86. The van der Waals surface area contributed by atoms with Gasteiger partial charge in [-0.2, -0.15) is 0 Å². The monoisotopic (exact) mass is 241 g/mol. The van der Waals surface area contributed by atoms with Crippen molar-refractivity contribution in [3.05, 3.63) is 34.9 Å². The summed E-state index contributed by atoms with van der Waals surface area (Å²) in [5.41, 5.74) is 1.20. The molecule has 16 heavy (non-hydrogen) atoms. The van der Waals surface area contributed by atoms with Gasteiger partial charge in [-0.1, -0.05) is 36.7 Å². The molecule has 0 amide bonds. The van der Waals surface area contributed by atoms with E-state index in [1.54, 1.807) is 7.11 Å². The Balaban J connectivity index is 2.32. The molecule has 0 aliphatic heterocycles. The molecule has 0 saturated carbocycles. The van der Waals surface area contributed by atoms with Gasteiger partial charge in [-0.15, -0.1) is 0 Å². The first-order chi connectivity index (χ1) is 7.77. The average Bonchev–Trinajstić information content (AvgIpc) is 2.30. The fourth-order valence-corrected chi connectivity index (χ4v) is 1.86. The Kier molecular flexibility index (Phi) is 6.46. The van der Waals surface area contributed by atoms with Crippen LogP contribution in [0.2, 0.25) is 5.02 Å². The van der Waals surface area contributed by atoms with Gasteiger partial charge in [0.1, 0.15) is 0 Å². The summed E-state index contributed by atoms with van der Waals surface area (Å²) in [6.45, 7) is 3.86. The Morgan fingerprint density at radius 2 is 2.12 bits per heavy atom. The molecule has 0 saturated heterocycles. The summed E-state index contributed by atoms with van der Waals surface area (Å²) in [5.74, 6) is 0. The van der Waals surface area contributed by atoms with E-state index in [0.717, 1.165) is 31.0 Å². The van der Waals surface area contributed by atoms with Crippen LogP contribution in [-0.4, -0.2) is 26.3 Å². The van der Waals surface area contributed by atoms with E-state index < -0.39 is 0 Å². The summed E-state index contributed by atoms with van der Waals surface area (Å²) < 4.78 is 5.13. The van der Waals surface area contributed by atoms with Crippen LogP contribution in [0.3, 0.4) is 0 Å². The Bertz CT molecular complexity index is 304. The van der Waals surface area contributed by atoms with Crippen LogP contribution in [0, 0.1) is 0 Å². The van der Waals surface area contributed by atoms with E-state index in [4.69, 9.17) is 16.3 Å². The highest BCUT2D eigenvalue weighted by atomic mass is 35.5. The van der Waals surface area contributed by atoms with Crippen LogP contribution in [0.15, 0.2) is 24.3 Å². The van der Waals surface area contributed by atoms with Gasteiger partial charge in [0.2, 0.25) is 0 Å². The van der Waals surface area contributed by atoms with Crippen molar-refractivity contribution in [2.45, 2.75) is 25.8 Å². The molecule has 0 aromatic heterocycles. The molecule has 0 fully saturated rings. The van der Waals surface area contributed by atoms with E-state index in [2.05, 4.69) is 18.3 Å². The van der Waals surface area contributed by atoms with E-state index in [-0.39, 0.29) is 0 Å². The number of hydrogen-bond donors (Lipinski definition) is 1. The van der Waals surface area contributed by atoms with Crippen molar-refractivity contribution < 1.29 is 4.74 Å². The molecular weight excluding hydrogens is 222 g/mol. The van der Waals surface area contributed by atoms with Crippen LogP contribution in [-0.2, 0) is 11.2 Å². The molecule has 0 aliphatic rings. The molecule has 1 N–H and O–H groups in total. The zero-order valence-electron chi connectivity index (χ0n) is 10.0. The van der Waals surface area contributed by atoms with Crippen molar-refractivity contribution >= 4 is 11.6 Å². The van der Waals surface area contributed by atoms with Crippen LogP contribution in [0.25, 0.3) is 0 Å². The van der Waals surface area contributed by atoms with Gasteiger partial charge in [-0.25, -0.2) is 0 Å².